The third-order valence-corrected chi connectivity index (χ3v) is 10.8. The Morgan fingerprint density at radius 1 is 0.880 bits per heavy atom. The van der Waals surface area contributed by atoms with Crippen molar-refractivity contribution in [2.75, 3.05) is 17.6 Å². The number of nitrogen functional groups attached to an aromatic ring is 1. The monoisotopic (exact) mass is 668 g/mol. The zero-order valence-electron chi connectivity index (χ0n) is 28.1. The van der Waals surface area contributed by atoms with Crippen LogP contribution >= 0.6 is 0 Å². The quantitative estimate of drug-likeness (QED) is 0.136. The second-order valence-corrected chi connectivity index (χ2v) is 13.6. The number of hydrogen-bond acceptors (Lipinski definition) is 10. The lowest BCUT2D eigenvalue weighted by Crippen LogP contribution is -2.19. The van der Waals surface area contributed by atoms with E-state index in [1.807, 2.05) is 40.9 Å². The first-order chi connectivity index (χ1) is 24.6. The Bertz CT molecular complexity index is 2220. The molecule has 2 unspecified atom stereocenters. The predicted molar refractivity (Wildman–Crippen MR) is 189 cm³/mol. The minimum Gasteiger partial charge on any atom is -0.382 e. The molecular formula is C36H40N14. The highest BCUT2D eigenvalue weighted by Crippen LogP contribution is 2.45. The Kier molecular flexibility index (Phi) is 8.36. The molecule has 0 aromatic carbocycles. The van der Waals surface area contributed by atoms with Crippen LogP contribution in [-0.2, 0) is 0 Å². The van der Waals surface area contributed by atoms with Crippen molar-refractivity contribution < 1.29 is 0 Å². The molecule has 0 bridgehead atoms. The molecule has 8 rings (SSSR count). The topological polar surface area (TPSA) is 194 Å². The Labute approximate surface area is 289 Å². The van der Waals surface area contributed by atoms with Crippen LogP contribution in [0.3, 0.4) is 0 Å². The molecule has 2 aliphatic rings. The maximum Gasteiger partial charge on any atom is 0.157 e. The summed E-state index contributed by atoms with van der Waals surface area (Å²) in [6.45, 7) is 2.75. The van der Waals surface area contributed by atoms with Crippen molar-refractivity contribution in [3.8, 4) is 34.7 Å². The summed E-state index contributed by atoms with van der Waals surface area (Å²) in [5, 5.41) is 34.5. The van der Waals surface area contributed by atoms with Crippen LogP contribution in [0.1, 0.15) is 82.8 Å². The SMILES string of the molecule is CCNc1nn([C@@H](CC#N)C2CCC(n3ccc4c(-c5cn([C@@H](CC#N)C6CCCC6)nc5N)ncnc43)C2)cc1-c1ncnc2[nH]ccc12. The van der Waals surface area contributed by atoms with Crippen LogP contribution in [0.2, 0.25) is 0 Å². The number of nitrogens with zero attached hydrogens (tertiary/aromatic N) is 11. The summed E-state index contributed by atoms with van der Waals surface area (Å²) in [5.41, 5.74) is 11.4. The van der Waals surface area contributed by atoms with Gasteiger partial charge in [0, 0.05) is 48.1 Å². The third kappa shape index (κ3) is 5.50. The molecule has 14 heteroatoms. The van der Waals surface area contributed by atoms with Gasteiger partial charge in [0.2, 0.25) is 0 Å². The average Bonchev–Trinajstić information content (AvgIpc) is 3.98. The molecule has 0 amide bonds. The smallest absolute Gasteiger partial charge is 0.157 e. The van der Waals surface area contributed by atoms with Gasteiger partial charge in [0.25, 0.3) is 0 Å². The molecule has 2 saturated carbocycles. The number of hydrogen-bond donors (Lipinski definition) is 3. The second-order valence-electron chi connectivity index (χ2n) is 13.6. The molecule has 0 radical (unpaired) electrons. The van der Waals surface area contributed by atoms with E-state index in [1.165, 1.54) is 12.8 Å². The molecule has 4 N–H and O–H groups in total. The van der Waals surface area contributed by atoms with Gasteiger partial charge in [-0.1, -0.05) is 12.8 Å². The number of aromatic amines is 1. The average molecular weight is 669 g/mol. The molecule has 0 saturated heterocycles. The van der Waals surface area contributed by atoms with Crippen molar-refractivity contribution in [3.63, 3.8) is 0 Å². The summed E-state index contributed by atoms with van der Waals surface area (Å²) >= 11 is 0. The molecule has 0 spiro atoms. The van der Waals surface area contributed by atoms with E-state index in [0.717, 1.165) is 82.5 Å². The lowest BCUT2D eigenvalue weighted by Gasteiger charge is -2.22. The van der Waals surface area contributed by atoms with E-state index in [-0.39, 0.29) is 24.0 Å². The summed E-state index contributed by atoms with van der Waals surface area (Å²) in [6, 6.07) is 8.96. The normalized spacial score (nSPS) is 19.2. The summed E-state index contributed by atoms with van der Waals surface area (Å²) in [6.07, 6.45) is 19.3. The van der Waals surface area contributed by atoms with Crippen molar-refractivity contribution in [2.45, 2.75) is 82.8 Å². The highest BCUT2D eigenvalue weighted by molar-refractivity contribution is 5.94. The fraction of sp³-hybridized carbons (Fsp3) is 0.444. The second kappa shape index (κ2) is 13.3. The van der Waals surface area contributed by atoms with Crippen molar-refractivity contribution in [1.82, 2.24) is 49.0 Å². The van der Waals surface area contributed by atoms with E-state index in [9.17, 15) is 10.5 Å². The molecular weight excluding hydrogens is 628 g/mol. The van der Waals surface area contributed by atoms with E-state index in [2.05, 4.69) is 54.2 Å². The summed E-state index contributed by atoms with van der Waals surface area (Å²) in [7, 11) is 0. The van der Waals surface area contributed by atoms with Crippen molar-refractivity contribution in [3.05, 3.63) is 49.6 Å². The van der Waals surface area contributed by atoms with Gasteiger partial charge in [-0.3, -0.25) is 9.36 Å². The van der Waals surface area contributed by atoms with Crippen LogP contribution in [0.4, 0.5) is 11.6 Å². The van der Waals surface area contributed by atoms with E-state index in [1.54, 1.807) is 12.7 Å². The van der Waals surface area contributed by atoms with Crippen LogP contribution in [-0.4, -0.2) is 55.6 Å². The van der Waals surface area contributed by atoms with Crippen LogP contribution in [0, 0.1) is 34.5 Å². The third-order valence-electron chi connectivity index (χ3n) is 10.8. The lowest BCUT2D eigenvalue weighted by atomic mass is 9.95. The number of rotatable bonds is 11. The number of H-pyrrole nitrogens is 1. The Morgan fingerprint density at radius 3 is 2.38 bits per heavy atom. The fourth-order valence-electron chi connectivity index (χ4n) is 8.43. The van der Waals surface area contributed by atoms with Gasteiger partial charge in [-0.05, 0) is 63.0 Å². The largest absolute Gasteiger partial charge is 0.382 e. The van der Waals surface area contributed by atoms with Crippen molar-refractivity contribution in [2.24, 2.45) is 11.8 Å². The Balaban J connectivity index is 1.07. The summed E-state index contributed by atoms with van der Waals surface area (Å²) in [5.74, 6) is 1.82. The van der Waals surface area contributed by atoms with Gasteiger partial charge >= 0.3 is 0 Å². The molecule has 2 aliphatic carbocycles. The fourth-order valence-corrected chi connectivity index (χ4v) is 8.43. The minimum atomic E-state index is -0.0985. The molecule has 254 valence electrons. The van der Waals surface area contributed by atoms with Gasteiger partial charge in [-0.25, -0.2) is 19.9 Å². The molecule has 4 atom stereocenters. The molecule has 50 heavy (non-hydrogen) atoms. The van der Waals surface area contributed by atoms with Gasteiger partial charge in [-0.15, -0.1) is 0 Å². The number of nitrogens with one attached hydrogen (secondary N) is 2. The van der Waals surface area contributed by atoms with Crippen LogP contribution in [0.25, 0.3) is 44.6 Å². The maximum atomic E-state index is 9.96. The van der Waals surface area contributed by atoms with Crippen molar-refractivity contribution >= 4 is 33.7 Å². The maximum absolute atomic E-state index is 9.96. The minimum absolute atomic E-state index is 0.00701. The zero-order chi connectivity index (χ0) is 34.2. The van der Waals surface area contributed by atoms with E-state index < -0.39 is 0 Å². The van der Waals surface area contributed by atoms with Gasteiger partial charge in [0.15, 0.2) is 11.6 Å². The van der Waals surface area contributed by atoms with Gasteiger partial charge in [0.1, 0.15) is 23.9 Å². The van der Waals surface area contributed by atoms with Crippen LogP contribution < -0.4 is 11.1 Å². The lowest BCUT2D eigenvalue weighted by molar-refractivity contribution is 0.307. The molecule has 14 nitrogen and oxygen atoms in total. The van der Waals surface area contributed by atoms with Crippen LogP contribution in [0.15, 0.2) is 49.6 Å². The Hall–Kier alpha value is -5.76. The van der Waals surface area contributed by atoms with Gasteiger partial charge in [-0.2, -0.15) is 20.7 Å². The zero-order valence-corrected chi connectivity index (χ0v) is 28.1. The number of fused-ring (bicyclic) bond motifs is 2. The first-order valence-electron chi connectivity index (χ1n) is 17.6. The highest BCUT2D eigenvalue weighted by Gasteiger charge is 2.35. The number of nitrogens with two attached hydrogens (primary N) is 1. The predicted octanol–water partition coefficient (Wildman–Crippen LogP) is 6.58. The van der Waals surface area contributed by atoms with E-state index in [0.29, 0.717) is 31.1 Å². The Morgan fingerprint density at radius 2 is 1.60 bits per heavy atom. The molecule has 0 aliphatic heterocycles. The standard InChI is InChI=1S/C36H40N14/c1-2-40-35-28(31-25-11-15-41-34(25)44-20-42-31)19-50(47-35)30(10-14-38)23-7-8-24(17-23)48-16-12-26-32(43-21-45-36(26)48)27-18-49(46-33(27)39)29(9-13-37)22-5-3-4-6-22/h11-12,15-16,18-24,29-30H,2-10,17H2,1H3,(H2,39,46)(H,40,47)(H,41,42,44)/t23?,24?,29-,30-/m0/s1. The van der Waals surface area contributed by atoms with E-state index in [4.69, 9.17) is 20.9 Å². The number of nitriles is 2. The number of aromatic nitrogens is 10. The molecule has 6 aromatic heterocycles. The van der Waals surface area contributed by atoms with E-state index >= 15 is 0 Å². The number of anilines is 2. The molecule has 6 aromatic rings. The van der Waals surface area contributed by atoms with Crippen molar-refractivity contribution in [1.29, 1.82) is 10.5 Å². The molecule has 2 fully saturated rings. The first-order valence-corrected chi connectivity index (χ1v) is 17.6. The molecule has 6 heterocycles. The highest BCUT2D eigenvalue weighted by atomic mass is 15.3. The van der Waals surface area contributed by atoms with Gasteiger partial charge < -0.3 is 20.6 Å². The van der Waals surface area contributed by atoms with Gasteiger partial charge in [0.05, 0.1) is 59.6 Å². The summed E-state index contributed by atoms with van der Waals surface area (Å²) < 4.78 is 6.13. The summed E-state index contributed by atoms with van der Waals surface area (Å²) in [4.78, 5) is 21.6. The first kappa shape index (κ1) is 31.5. The van der Waals surface area contributed by atoms with Crippen LogP contribution in [0.5, 0.6) is 0 Å².